The fourth-order valence-corrected chi connectivity index (χ4v) is 3.19. The normalized spacial score (nSPS) is 20.5. The van der Waals surface area contributed by atoms with E-state index in [0.717, 1.165) is 22.6 Å². The molecule has 27 heavy (non-hydrogen) atoms. The number of hydrogen-bond acceptors (Lipinski definition) is 5. The molecule has 0 aromatic heterocycles. The molecule has 2 heterocycles. The first-order valence-corrected chi connectivity index (χ1v) is 8.42. The maximum atomic E-state index is 12.8. The van der Waals surface area contributed by atoms with E-state index in [9.17, 15) is 19.5 Å². The van der Waals surface area contributed by atoms with Gasteiger partial charge in [-0.05, 0) is 60.5 Å². The summed E-state index contributed by atoms with van der Waals surface area (Å²) in [6, 6.07) is 10.2. The van der Waals surface area contributed by atoms with E-state index < -0.39 is 17.8 Å². The van der Waals surface area contributed by atoms with Crippen LogP contribution in [-0.4, -0.2) is 29.1 Å². The molecule has 0 aliphatic carbocycles. The van der Waals surface area contributed by atoms with Crippen molar-refractivity contribution in [2.24, 2.45) is 0 Å². The molecule has 2 aliphatic heterocycles. The van der Waals surface area contributed by atoms with Gasteiger partial charge in [0.1, 0.15) is 23.2 Å². The number of rotatable bonds is 2. The van der Waals surface area contributed by atoms with E-state index in [-0.39, 0.29) is 23.1 Å². The van der Waals surface area contributed by atoms with Crippen molar-refractivity contribution in [2.75, 3.05) is 4.90 Å². The maximum absolute atomic E-state index is 12.8. The van der Waals surface area contributed by atoms with Gasteiger partial charge in [0, 0.05) is 6.42 Å². The van der Waals surface area contributed by atoms with Crippen molar-refractivity contribution in [2.45, 2.75) is 19.4 Å². The first kappa shape index (κ1) is 16.8. The van der Waals surface area contributed by atoms with Crippen LogP contribution in [0.4, 0.5) is 10.5 Å². The van der Waals surface area contributed by atoms with Crippen molar-refractivity contribution in [3.05, 3.63) is 59.2 Å². The highest BCUT2D eigenvalue weighted by Crippen LogP contribution is 2.30. The number of fused-ring (bicyclic) bond motifs is 1. The average molecular weight is 364 g/mol. The Morgan fingerprint density at radius 2 is 1.89 bits per heavy atom. The number of carbonyl (C=O) groups excluding carboxylic acids is 3. The molecule has 1 saturated heterocycles. The number of amides is 4. The van der Waals surface area contributed by atoms with Gasteiger partial charge in [0.25, 0.3) is 11.8 Å². The number of phenols is 1. The lowest BCUT2D eigenvalue weighted by molar-refractivity contribution is -0.122. The molecule has 2 N–H and O–H groups in total. The number of urea groups is 1. The highest BCUT2D eigenvalue weighted by Gasteiger charge is 2.36. The third kappa shape index (κ3) is 3.03. The van der Waals surface area contributed by atoms with Crippen LogP contribution < -0.4 is 15.0 Å². The van der Waals surface area contributed by atoms with E-state index >= 15 is 0 Å². The molecule has 7 heteroatoms. The molecule has 2 aromatic rings. The molecule has 7 nitrogen and oxygen atoms in total. The molecule has 2 aliphatic rings. The van der Waals surface area contributed by atoms with Gasteiger partial charge in [-0.3, -0.25) is 14.9 Å². The zero-order valence-corrected chi connectivity index (χ0v) is 14.4. The Hall–Kier alpha value is -3.61. The van der Waals surface area contributed by atoms with Gasteiger partial charge in [-0.1, -0.05) is 6.07 Å². The van der Waals surface area contributed by atoms with E-state index in [2.05, 4.69) is 5.32 Å². The van der Waals surface area contributed by atoms with Gasteiger partial charge in [0.05, 0.1) is 5.69 Å². The van der Waals surface area contributed by atoms with E-state index in [4.69, 9.17) is 4.74 Å². The summed E-state index contributed by atoms with van der Waals surface area (Å²) in [5.41, 5.74) is 1.79. The largest absolute Gasteiger partial charge is 0.508 e. The summed E-state index contributed by atoms with van der Waals surface area (Å²) in [4.78, 5) is 38.1. The Kier molecular flexibility index (Phi) is 3.92. The van der Waals surface area contributed by atoms with Crippen LogP contribution in [0.25, 0.3) is 6.08 Å². The molecule has 1 atom stereocenters. The molecule has 0 spiro atoms. The Balaban J connectivity index is 1.69. The lowest BCUT2D eigenvalue weighted by Crippen LogP contribution is -2.54. The number of hydrogen-bond donors (Lipinski definition) is 2. The molecule has 2 aromatic carbocycles. The molecular formula is C20H16N2O5. The van der Waals surface area contributed by atoms with E-state index in [0.29, 0.717) is 5.56 Å². The number of imide groups is 2. The van der Waals surface area contributed by atoms with Crippen LogP contribution in [0.15, 0.2) is 48.0 Å². The highest BCUT2D eigenvalue weighted by atomic mass is 16.5. The molecular weight excluding hydrogens is 348 g/mol. The zero-order chi connectivity index (χ0) is 19.1. The lowest BCUT2D eigenvalue weighted by atomic mass is 10.0. The van der Waals surface area contributed by atoms with E-state index in [1.165, 1.54) is 30.3 Å². The zero-order valence-electron chi connectivity index (χ0n) is 14.4. The first-order chi connectivity index (χ1) is 12.9. The topological polar surface area (TPSA) is 95.9 Å². The molecule has 4 amide bonds. The molecule has 0 saturated carbocycles. The van der Waals surface area contributed by atoms with Crippen molar-refractivity contribution in [3.8, 4) is 11.5 Å². The molecule has 0 bridgehead atoms. The SMILES string of the molecule is C[C@H]1Cc2cc(/C=C3/C(=O)NC(=O)N(c4ccc(O)cc4)C3=O)ccc2O1. The predicted molar refractivity (Wildman–Crippen MR) is 97.3 cm³/mol. The second-order valence-corrected chi connectivity index (χ2v) is 6.47. The number of anilines is 1. The van der Waals surface area contributed by atoms with Crippen molar-refractivity contribution < 1.29 is 24.2 Å². The highest BCUT2D eigenvalue weighted by molar-refractivity contribution is 6.39. The molecule has 1 fully saturated rings. The van der Waals surface area contributed by atoms with Crippen LogP contribution >= 0.6 is 0 Å². The van der Waals surface area contributed by atoms with E-state index in [1.54, 1.807) is 12.1 Å². The van der Waals surface area contributed by atoms with Gasteiger partial charge in [0.15, 0.2) is 0 Å². The van der Waals surface area contributed by atoms with Gasteiger partial charge in [0.2, 0.25) is 0 Å². The van der Waals surface area contributed by atoms with Gasteiger partial charge < -0.3 is 9.84 Å². The number of carbonyl (C=O) groups is 3. The smallest absolute Gasteiger partial charge is 0.335 e. The second kappa shape index (κ2) is 6.28. The van der Waals surface area contributed by atoms with Crippen LogP contribution in [-0.2, 0) is 16.0 Å². The van der Waals surface area contributed by atoms with Crippen LogP contribution in [0.3, 0.4) is 0 Å². The molecule has 4 rings (SSSR count). The van der Waals surface area contributed by atoms with Crippen LogP contribution in [0, 0.1) is 0 Å². The summed E-state index contributed by atoms with van der Waals surface area (Å²) in [5.74, 6) is -0.667. The van der Waals surface area contributed by atoms with Crippen molar-refractivity contribution in [1.29, 1.82) is 0 Å². The number of ether oxygens (including phenoxy) is 1. The van der Waals surface area contributed by atoms with Gasteiger partial charge >= 0.3 is 6.03 Å². The first-order valence-electron chi connectivity index (χ1n) is 8.42. The summed E-state index contributed by atoms with van der Waals surface area (Å²) in [7, 11) is 0. The van der Waals surface area contributed by atoms with Crippen molar-refractivity contribution in [3.63, 3.8) is 0 Å². The minimum atomic E-state index is -0.830. The van der Waals surface area contributed by atoms with Crippen LogP contribution in [0.2, 0.25) is 0 Å². The number of aromatic hydroxyl groups is 1. The van der Waals surface area contributed by atoms with E-state index in [1.807, 2.05) is 13.0 Å². The second-order valence-electron chi connectivity index (χ2n) is 6.47. The standard InChI is InChI=1S/C20H16N2O5/c1-11-8-13-9-12(2-7-17(13)27-11)10-16-18(24)21-20(26)22(19(16)25)14-3-5-15(23)6-4-14/h2-7,9-11,23H,8H2,1H3,(H,21,24,26)/b16-10-/t11-/m0/s1. The maximum Gasteiger partial charge on any atom is 0.335 e. The van der Waals surface area contributed by atoms with Crippen LogP contribution in [0.5, 0.6) is 11.5 Å². The summed E-state index contributed by atoms with van der Waals surface area (Å²) >= 11 is 0. The summed E-state index contributed by atoms with van der Waals surface area (Å²) < 4.78 is 5.65. The van der Waals surface area contributed by atoms with Gasteiger partial charge in [-0.25, -0.2) is 9.69 Å². The third-order valence-electron chi connectivity index (χ3n) is 4.44. The number of nitrogens with zero attached hydrogens (tertiary/aromatic N) is 1. The molecule has 0 radical (unpaired) electrons. The fraction of sp³-hybridized carbons (Fsp3) is 0.150. The number of phenolic OH excluding ortho intramolecular Hbond substituents is 1. The van der Waals surface area contributed by atoms with Crippen molar-refractivity contribution >= 4 is 29.6 Å². The number of barbiturate groups is 1. The average Bonchev–Trinajstić information content (AvgIpc) is 2.99. The summed E-state index contributed by atoms with van der Waals surface area (Å²) in [6.07, 6.45) is 2.30. The number of nitrogens with one attached hydrogen (secondary N) is 1. The Morgan fingerprint density at radius 3 is 2.63 bits per heavy atom. The predicted octanol–water partition coefficient (Wildman–Crippen LogP) is 2.38. The van der Waals surface area contributed by atoms with Crippen molar-refractivity contribution in [1.82, 2.24) is 5.32 Å². The minimum Gasteiger partial charge on any atom is -0.508 e. The van der Waals surface area contributed by atoms with Gasteiger partial charge in [-0.15, -0.1) is 0 Å². The Labute approximate surface area is 154 Å². The lowest BCUT2D eigenvalue weighted by Gasteiger charge is -2.26. The Morgan fingerprint density at radius 1 is 1.15 bits per heavy atom. The summed E-state index contributed by atoms with van der Waals surface area (Å²) in [5, 5.41) is 11.6. The van der Waals surface area contributed by atoms with Crippen LogP contribution in [0.1, 0.15) is 18.1 Å². The Bertz CT molecular complexity index is 994. The minimum absolute atomic E-state index is 0.00467. The third-order valence-corrected chi connectivity index (χ3v) is 4.44. The van der Waals surface area contributed by atoms with Gasteiger partial charge in [-0.2, -0.15) is 0 Å². The molecule has 0 unspecified atom stereocenters. The number of benzene rings is 2. The fourth-order valence-electron chi connectivity index (χ4n) is 3.19. The quantitative estimate of drug-likeness (QED) is 0.630. The monoisotopic (exact) mass is 364 g/mol. The molecule has 136 valence electrons. The summed E-state index contributed by atoms with van der Waals surface area (Å²) in [6.45, 7) is 1.97.